The number of nitrogens with two attached hydrogens (primary N) is 2. The van der Waals surface area contributed by atoms with E-state index in [1.807, 2.05) is 13.0 Å². The van der Waals surface area contributed by atoms with Crippen LogP contribution in [0.2, 0.25) is 5.02 Å². The van der Waals surface area contributed by atoms with Crippen LogP contribution in [-0.2, 0) is 4.79 Å². The van der Waals surface area contributed by atoms with Gasteiger partial charge in [0.2, 0.25) is 5.91 Å². The van der Waals surface area contributed by atoms with Gasteiger partial charge in [0.05, 0.1) is 40.8 Å². The fourth-order valence-electron chi connectivity index (χ4n) is 4.98. The van der Waals surface area contributed by atoms with E-state index in [-0.39, 0.29) is 17.4 Å². The summed E-state index contributed by atoms with van der Waals surface area (Å²) in [5.41, 5.74) is 9.64. The molecule has 214 valence electrons. The first kappa shape index (κ1) is 29.5. The zero-order chi connectivity index (χ0) is 29.7. The summed E-state index contributed by atoms with van der Waals surface area (Å²) in [6, 6.07) is 8.36. The molecule has 7 N–H and O–H groups in total. The summed E-state index contributed by atoms with van der Waals surface area (Å²) >= 11 is 6.31. The molecule has 0 radical (unpaired) electrons. The molecule has 12 heteroatoms. The summed E-state index contributed by atoms with van der Waals surface area (Å²) in [7, 11) is 1.73. The van der Waals surface area contributed by atoms with Gasteiger partial charge in [0.25, 0.3) is 5.56 Å². The van der Waals surface area contributed by atoms with Crippen LogP contribution in [0, 0.1) is 18.3 Å². The minimum absolute atomic E-state index is 0.169. The van der Waals surface area contributed by atoms with Crippen molar-refractivity contribution in [3.8, 4) is 11.3 Å². The van der Waals surface area contributed by atoms with Crippen molar-refractivity contribution >= 4 is 35.1 Å². The molecule has 2 aromatic heterocycles. The van der Waals surface area contributed by atoms with Gasteiger partial charge in [0, 0.05) is 59.5 Å². The number of carbonyl (C=O) groups is 1. The van der Waals surface area contributed by atoms with E-state index >= 15 is 0 Å². The lowest BCUT2D eigenvalue weighted by atomic mass is 9.96. The van der Waals surface area contributed by atoms with E-state index < -0.39 is 6.04 Å². The van der Waals surface area contributed by atoms with Gasteiger partial charge in [-0.05, 0) is 50.1 Å². The van der Waals surface area contributed by atoms with Crippen molar-refractivity contribution in [2.24, 2.45) is 17.5 Å². The van der Waals surface area contributed by atoms with Gasteiger partial charge in [0.1, 0.15) is 0 Å². The first-order valence-corrected chi connectivity index (χ1v) is 13.6. The van der Waals surface area contributed by atoms with Crippen molar-refractivity contribution < 1.29 is 4.79 Å². The summed E-state index contributed by atoms with van der Waals surface area (Å²) in [6.45, 7) is 3.57. The number of hydrogen-bond donors (Lipinski definition) is 5. The molecule has 4 rings (SSSR count). The molecule has 1 amide bonds. The summed E-state index contributed by atoms with van der Waals surface area (Å²) in [5, 5.41) is 15.7. The highest BCUT2D eigenvalue weighted by Gasteiger charge is 2.24. The maximum atomic E-state index is 13.9. The van der Waals surface area contributed by atoms with E-state index in [4.69, 9.17) is 33.6 Å². The molecule has 2 bridgehead atoms. The number of aromatic nitrogens is 3. The van der Waals surface area contributed by atoms with Crippen LogP contribution in [0.25, 0.3) is 17.0 Å². The molecule has 1 aliphatic rings. The predicted molar refractivity (Wildman–Crippen MR) is 162 cm³/mol. The highest BCUT2D eigenvalue weighted by atomic mass is 35.5. The summed E-state index contributed by atoms with van der Waals surface area (Å²) in [4.78, 5) is 36.1. The number of pyridine rings is 1. The Hall–Kier alpha value is -4.48. The Morgan fingerprint density at radius 2 is 2.00 bits per heavy atom. The third-order valence-corrected chi connectivity index (χ3v) is 7.43. The lowest BCUT2D eigenvalue weighted by molar-refractivity contribution is -0.123. The van der Waals surface area contributed by atoms with Gasteiger partial charge >= 0.3 is 0 Å². The van der Waals surface area contributed by atoms with Crippen molar-refractivity contribution in [1.82, 2.24) is 25.2 Å². The van der Waals surface area contributed by atoms with E-state index in [9.17, 15) is 9.59 Å². The van der Waals surface area contributed by atoms with Crippen molar-refractivity contribution in [2.45, 2.75) is 39.2 Å². The highest BCUT2D eigenvalue weighted by molar-refractivity contribution is 6.31. The maximum absolute atomic E-state index is 13.9. The fourth-order valence-corrected chi connectivity index (χ4v) is 5.15. The van der Waals surface area contributed by atoms with Gasteiger partial charge in [-0.1, -0.05) is 24.9 Å². The van der Waals surface area contributed by atoms with Crippen LogP contribution >= 0.6 is 11.6 Å². The molecule has 1 aromatic carbocycles. The molecule has 0 aliphatic carbocycles. The Labute approximate surface area is 243 Å². The molecular formula is C29H34ClN9O2. The molecule has 3 aromatic rings. The van der Waals surface area contributed by atoms with Crippen LogP contribution in [0.15, 0.2) is 65.7 Å². The Bertz CT molecular complexity index is 1580. The van der Waals surface area contributed by atoms with Gasteiger partial charge < -0.3 is 21.8 Å². The van der Waals surface area contributed by atoms with E-state index in [1.165, 1.54) is 23.7 Å². The van der Waals surface area contributed by atoms with Crippen LogP contribution in [0.4, 0.5) is 5.69 Å². The van der Waals surface area contributed by atoms with Crippen molar-refractivity contribution in [3.63, 3.8) is 0 Å². The fraction of sp³-hybridized carbons (Fsp3) is 0.276. The van der Waals surface area contributed by atoms with Crippen LogP contribution in [-0.4, -0.2) is 33.7 Å². The normalized spacial score (nSPS) is 19.7. The first-order valence-electron chi connectivity index (χ1n) is 13.2. The Kier molecular flexibility index (Phi) is 9.21. The van der Waals surface area contributed by atoms with Crippen molar-refractivity contribution in [3.05, 3.63) is 93.2 Å². The second-order valence-corrected chi connectivity index (χ2v) is 10.3. The molecule has 1 aliphatic heterocycles. The molecular weight excluding hydrogens is 542 g/mol. The number of hydrazine groups is 1. The van der Waals surface area contributed by atoms with E-state index in [2.05, 4.69) is 15.6 Å². The topological polar surface area (TPSA) is 168 Å². The number of hydrogen-bond acceptors (Lipinski definition) is 9. The zero-order valence-corrected chi connectivity index (χ0v) is 23.9. The van der Waals surface area contributed by atoms with E-state index in [1.54, 1.807) is 49.0 Å². The van der Waals surface area contributed by atoms with Gasteiger partial charge in [-0.3, -0.25) is 24.1 Å². The molecule has 11 nitrogen and oxygen atoms in total. The lowest BCUT2D eigenvalue weighted by Crippen LogP contribution is -2.32. The van der Waals surface area contributed by atoms with E-state index in [0.29, 0.717) is 63.9 Å². The third-order valence-electron chi connectivity index (χ3n) is 7.19. The molecule has 0 saturated carbocycles. The minimum Gasteiger partial charge on any atom is -0.403 e. The number of rotatable bonds is 6. The van der Waals surface area contributed by atoms with Crippen LogP contribution in [0.3, 0.4) is 0 Å². The molecule has 0 spiro atoms. The second-order valence-electron chi connectivity index (χ2n) is 9.83. The van der Waals surface area contributed by atoms with Crippen LogP contribution < -0.4 is 32.8 Å². The molecule has 3 heterocycles. The maximum Gasteiger partial charge on any atom is 0.257 e. The number of carbonyl (C=O) groups excluding carboxylic acids is 1. The molecule has 0 fully saturated rings. The standard InChI is InChI=1S/C29H34ClN9O2/c1-17-5-4-6-25(22-13-19(9-11-35-22)27(34-3)23(15-32)37-28(17)40)38-16-36-26(18(2)29(38)41)21-14-20(30)7-8-24(21)39(33)12-10-31/h7-17,25,32,34H,4-6,31,33H2,1-3H3,(H,37,40)/b12-10-,27-23+,32-15?. The number of nitrogens with zero attached hydrogens (tertiary/aromatic N) is 4. The van der Waals surface area contributed by atoms with Gasteiger partial charge in [0.15, 0.2) is 0 Å². The molecule has 2 unspecified atom stereocenters. The first-order chi connectivity index (χ1) is 19.7. The number of benzene rings is 1. The zero-order valence-electron chi connectivity index (χ0n) is 23.2. The smallest absolute Gasteiger partial charge is 0.257 e. The Morgan fingerprint density at radius 1 is 1.22 bits per heavy atom. The van der Waals surface area contributed by atoms with Crippen LogP contribution in [0.1, 0.15) is 49.0 Å². The lowest BCUT2D eigenvalue weighted by Gasteiger charge is -2.24. The Morgan fingerprint density at radius 3 is 2.71 bits per heavy atom. The number of allylic oxidation sites excluding steroid dienone is 1. The highest BCUT2D eigenvalue weighted by Crippen LogP contribution is 2.33. The predicted octanol–water partition coefficient (Wildman–Crippen LogP) is 3.44. The average molecular weight is 576 g/mol. The number of amides is 1. The number of nitrogens with one attached hydrogen (secondary N) is 3. The third kappa shape index (κ3) is 6.16. The molecule has 41 heavy (non-hydrogen) atoms. The number of halogens is 1. The van der Waals surface area contributed by atoms with Crippen LogP contribution in [0.5, 0.6) is 0 Å². The number of anilines is 1. The molecule has 2 atom stereocenters. The summed E-state index contributed by atoms with van der Waals surface area (Å²) in [6.07, 6.45) is 8.91. The van der Waals surface area contributed by atoms with Gasteiger partial charge in [-0.2, -0.15) is 0 Å². The molecule has 0 saturated heterocycles. The summed E-state index contributed by atoms with van der Waals surface area (Å²) < 4.78 is 1.59. The SMILES string of the molecule is CN/C1=C(\C=N)NC(=O)C(C)CCCC(n2cnc(-c3cc(Cl)ccc3N(N)/C=C\N)c(C)c2=O)c2cc1ccn2. The largest absolute Gasteiger partial charge is 0.403 e. The van der Waals surface area contributed by atoms with Crippen molar-refractivity contribution in [1.29, 1.82) is 5.41 Å². The average Bonchev–Trinajstić information content (AvgIpc) is 2.96. The van der Waals surface area contributed by atoms with Gasteiger partial charge in [-0.25, -0.2) is 10.8 Å². The number of fused-ring (bicyclic) bond motifs is 2. The quantitative estimate of drug-likeness (QED) is 0.169. The summed E-state index contributed by atoms with van der Waals surface area (Å²) in [5.74, 6) is 5.70. The van der Waals surface area contributed by atoms with Crippen molar-refractivity contribution in [2.75, 3.05) is 12.1 Å². The van der Waals surface area contributed by atoms with E-state index in [0.717, 1.165) is 11.8 Å². The van der Waals surface area contributed by atoms with Gasteiger partial charge in [-0.15, -0.1) is 0 Å². The monoisotopic (exact) mass is 575 g/mol. The second kappa shape index (κ2) is 12.8. The Balaban J connectivity index is 1.87. The minimum atomic E-state index is -0.441.